The van der Waals surface area contributed by atoms with Gasteiger partial charge in [-0.1, -0.05) is 42.5 Å². The van der Waals surface area contributed by atoms with E-state index in [1.807, 2.05) is 6.07 Å². The van der Waals surface area contributed by atoms with Crippen LogP contribution >= 0.6 is 0 Å². The standard InChI is InChI=1S/C18H23N5O4S/c19-18(20)22-27-10-9-21-17(24)12-15-7-4-8-16(11-15)23-28(25,26)13-14-5-2-1-3-6-14/h1-8,11,23H,9-10,12-13H2,(H,21,24)(H4,19,20,22). The lowest BCUT2D eigenvalue weighted by atomic mass is 10.1. The van der Waals surface area contributed by atoms with Crippen LogP contribution in [-0.2, 0) is 31.8 Å². The normalized spacial score (nSPS) is 10.7. The molecule has 2 rings (SSSR count). The summed E-state index contributed by atoms with van der Waals surface area (Å²) in [5.74, 6) is -0.565. The Morgan fingerprint density at radius 1 is 1.04 bits per heavy atom. The Balaban J connectivity index is 1.87. The fourth-order valence-corrected chi connectivity index (χ4v) is 3.55. The number of nitrogens with one attached hydrogen (secondary N) is 2. The molecular formula is C18H23N5O4S. The molecular weight excluding hydrogens is 382 g/mol. The molecule has 0 aromatic heterocycles. The van der Waals surface area contributed by atoms with Gasteiger partial charge in [-0.25, -0.2) is 8.42 Å². The maximum Gasteiger partial charge on any atom is 0.236 e. The minimum absolute atomic E-state index is 0.0938. The van der Waals surface area contributed by atoms with Gasteiger partial charge in [0.2, 0.25) is 21.9 Å². The first kappa shape index (κ1) is 21.0. The van der Waals surface area contributed by atoms with Crippen molar-refractivity contribution >= 4 is 27.6 Å². The van der Waals surface area contributed by atoms with E-state index < -0.39 is 10.0 Å². The van der Waals surface area contributed by atoms with E-state index in [1.165, 1.54) is 0 Å². The van der Waals surface area contributed by atoms with Crippen LogP contribution in [-0.4, -0.2) is 33.4 Å². The summed E-state index contributed by atoms with van der Waals surface area (Å²) in [6.45, 7) is 0.363. The molecule has 0 aliphatic heterocycles. The molecule has 0 saturated heterocycles. The third-order valence-corrected chi connectivity index (χ3v) is 4.71. The molecule has 0 saturated carbocycles. The van der Waals surface area contributed by atoms with Crippen molar-refractivity contribution < 1.29 is 18.0 Å². The van der Waals surface area contributed by atoms with Crippen LogP contribution in [0, 0.1) is 0 Å². The Kier molecular flexibility index (Phi) is 7.64. The monoisotopic (exact) mass is 405 g/mol. The van der Waals surface area contributed by atoms with E-state index in [1.54, 1.807) is 48.5 Å². The number of guanidine groups is 1. The zero-order valence-electron chi connectivity index (χ0n) is 15.2. The topological polar surface area (TPSA) is 149 Å². The Morgan fingerprint density at radius 2 is 1.75 bits per heavy atom. The smallest absolute Gasteiger partial charge is 0.236 e. The lowest BCUT2D eigenvalue weighted by Crippen LogP contribution is -2.29. The Hall–Kier alpha value is -3.27. The van der Waals surface area contributed by atoms with Crippen molar-refractivity contribution in [3.05, 3.63) is 65.7 Å². The lowest BCUT2D eigenvalue weighted by Gasteiger charge is -2.10. The van der Waals surface area contributed by atoms with Gasteiger partial charge in [0.25, 0.3) is 0 Å². The molecule has 2 aromatic carbocycles. The fourth-order valence-electron chi connectivity index (χ4n) is 2.36. The van der Waals surface area contributed by atoms with Crippen molar-refractivity contribution in [2.75, 3.05) is 17.9 Å². The highest BCUT2D eigenvalue weighted by Gasteiger charge is 2.12. The summed E-state index contributed by atoms with van der Waals surface area (Å²) in [6, 6.07) is 15.6. The van der Waals surface area contributed by atoms with Crippen LogP contribution in [0.5, 0.6) is 0 Å². The Bertz CT molecular complexity index is 913. The molecule has 10 heteroatoms. The second-order valence-electron chi connectivity index (χ2n) is 5.92. The summed E-state index contributed by atoms with van der Waals surface area (Å²) in [5, 5.41) is 5.99. The average Bonchev–Trinajstić information content (AvgIpc) is 2.61. The quantitative estimate of drug-likeness (QED) is 0.196. The molecule has 6 N–H and O–H groups in total. The number of nitrogens with two attached hydrogens (primary N) is 2. The minimum atomic E-state index is -3.56. The van der Waals surface area contributed by atoms with Crippen molar-refractivity contribution in [3.8, 4) is 0 Å². The van der Waals surface area contributed by atoms with Gasteiger partial charge in [0, 0.05) is 5.69 Å². The highest BCUT2D eigenvalue weighted by Crippen LogP contribution is 2.15. The van der Waals surface area contributed by atoms with Crippen molar-refractivity contribution in [3.63, 3.8) is 0 Å². The lowest BCUT2D eigenvalue weighted by molar-refractivity contribution is -0.120. The van der Waals surface area contributed by atoms with E-state index in [9.17, 15) is 13.2 Å². The van der Waals surface area contributed by atoms with E-state index in [0.717, 1.165) is 0 Å². The first-order chi connectivity index (χ1) is 13.3. The molecule has 0 spiro atoms. The second-order valence-corrected chi connectivity index (χ2v) is 7.65. The first-order valence-corrected chi connectivity index (χ1v) is 10.1. The van der Waals surface area contributed by atoms with Gasteiger partial charge in [-0.05, 0) is 28.4 Å². The predicted octanol–water partition coefficient (Wildman–Crippen LogP) is 0.492. The van der Waals surface area contributed by atoms with Crippen LogP contribution in [0.2, 0.25) is 0 Å². The van der Waals surface area contributed by atoms with Crippen molar-refractivity contribution in [2.45, 2.75) is 12.2 Å². The Morgan fingerprint density at radius 3 is 2.46 bits per heavy atom. The molecule has 9 nitrogen and oxygen atoms in total. The van der Waals surface area contributed by atoms with Crippen LogP contribution in [0.4, 0.5) is 5.69 Å². The maximum atomic E-state index is 12.3. The molecule has 0 aliphatic carbocycles. The zero-order valence-corrected chi connectivity index (χ0v) is 16.0. The summed E-state index contributed by atoms with van der Waals surface area (Å²) in [6.07, 6.45) is 0.0938. The molecule has 28 heavy (non-hydrogen) atoms. The molecule has 0 unspecified atom stereocenters. The third kappa shape index (κ3) is 7.96. The minimum Gasteiger partial charge on any atom is -0.391 e. The van der Waals surface area contributed by atoms with E-state index in [0.29, 0.717) is 16.8 Å². The van der Waals surface area contributed by atoms with Gasteiger partial charge in [-0.3, -0.25) is 9.52 Å². The van der Waals surface area contributed by atoms with Crippen molar-refractivity contribution in [1.29, 1.82) is 0 Å². The van der Waals surface area contributed by atoms with E-state index in [-0.39, 0.29) is 37.2 Å². The number of benzene rings is 2. The molecule has 0 bridgehead atoms. The number of rotatable bonds is 10. The number of anilines is 1. The molecule has 0 fully saturated rings. The summed E-state index contributed by atoms with van der Waals surface area (Å²) >= 11 is 0. The maximum absolute atomic E-state index is 12.3. The fraction of sp³-hybridized carbons (Fsp3) is 0.222. The predicted molar refractivity (Wildman–Crippen MR) is 108 cm³/mol. The summed E-state index contributed by atoms with van der Waals surface area (Å²) in [7, 11) is -3.56. The molecule has 1 amide bonds. The van der Waals surface area contributed by atoms with Gasteiger partial charge < -0.3 is 21.6 Å². The van der Waals surface area contributed by atoms with Gasteiger partial charge in [0.1, 0.15) is 6.61 Å². The number of hydrogen-bond acceptors (Lipinski definition) is 5. The molecule has 0 atom stereocenters. The number of nitrogens with zero attached hydrogens (tertiary/aromatic N) is 1. The zero-order chi connectivity index (χ0) is 20.4. The third-order valence-electron chi connectivity index (χ3n) is 3.45. The van der Waals surface area contributed by atoms with Crippen molar-refractivity contribution in [1.82, 2.24) is 5.32 Å². The largest absolute Gasteiger partial charge is 0.391 e. The van der Waals surface area contributed by atoms with Gasteiger partial charge >= 0.3 is 0 Å². The van der Waals surface area contributed by atoms with Gasteiger partial charge in [-0.15, -0.1) is 0 Å². The first-order valence-electron chi connectivity index (χ1n) is 8.45. The van der Waals surface area contributed by atoms with Crippen LogP contribution in [0.1, 0.15) is 11.1 Å². The molecule has 2 aromatic rings. The SMILES string of the molecule is NC(N)=NOCCNC(=O)Cc1cccc(NS(=O)(=O)Cc2ccccc2)c1. The number of oxime groups is 1. The molecule has 0 aliphatic rings. The number of sulfonamides is 1. The number of hydrogen-bond donors (Lipinski definition) is 4. The molecule has 150 valence electrons. The Labute approximate surface area is 163 Å². The van der Waals surface area contributed by atoms with Crippen LogP contribution in [0.15, 0.2) is 59.8 Å². The summed E-state index contributed by atoms with van der Waals surface area (Å²) in [4.78, 5) is 16.7. The van der Waals surface area contributed by atoms with E-state index in [4.69, 9.17) is 16.3 Å². The molecule has 0 radical (unpaired) electrons. The molecule has 0 heterocycles. The highest BCUT2D eigenvalue weighted by molar-refractivity contribution is 7.91. The van der Waals surface area contributed by atoms with Crippen LogP contribution in [0.25, 0.3) is 0 Å². The number of carbonyl (C=O) groups is 1. The van der Waals surface area contributed by atoms with Crippen LogP contribution in [0.3, 0.4) is 0 Å². The summed E-state index contributed by atoms with van der Waals surface area (Å²) in [5.41, 5.74) is 12.0. The summed E-state index contributed by atoms with van der Waals surface area (Å²) < 4.78 is 27.2. The number of amides is 1. The van der Waals surface area contributed by atoms with Crippen molar-refractivity contribution in [2.24, 2.45) is 16.6 Å². The van der Waals surface area contributed by atoms with E-state index >= 15 is 0 Å². The highest BCUT2D eigenvalue weighted by atomic mass is 32.2. The van der Waals surface area contributed by atoms with Crippen LogP contribution < -0.4 is 21.5 Å². The number of carbonyl (C=O) groups excluding carboxylic acids is 1. The van der Waals surface area contributed by atoms with E-state index in [2.05, 4.69) is 15.2 Å². The average molecular weight is 405 g/mol. The van der Waals surface area contributed by atoms with Gasteiger partial charge in [0.05, 0.1) is 18.7 Å². The van der Waals surface area contributed by atoms with Gasteiger partial charge in [0.15, 0.2) is 0 Å². The second kappa shape index (κ2) is 10.2. The van der Waals surface area contributed by atoms with Gasteiger partial charge in [-0.2, -0.15) is 0 Å².